The highest BCUT2D eigenvalue weighted by molar-refractivity contribution is 5.16. The molecule has 2 N–H and O–H groups in total. The summed E-state index contributed by atoms with van der Waals surface area (Å²) >= 11 is 0. The molecule has 0 bridgehead atoms. The molecule has 1 aromatic heterocycles. The molecule has 0 radical (unpaired) electrons. The summed E-state index contributed by atoms with van der Waals surface area (Å²) in [5, 5.41) is 0. The van der Waals surface area contributed by atoms with E-state index in [4.69, 9.17) is 10.2 Å². The van der Waals surface area contributed by atoms with Crippen molar-refractivity contribution in [3.8, 4) is 0 Å². The predicted octanol–water partition coefficient (Wildman–Crippen LogP) is 3.17. The van der Waals surface area contributed by atoms with Gasteiger partial charge >= 0.3 is 0 Å². The maximum Gasteiger partial charge on any atom is 0.105 e. The van der Waals surface area contributed by atoms with Crippen molar-refractivity contribution in [3.05, 3.63) is 23.7 Å². The minimum Gasteiger partial charge on any atom is -0.469 e. The molecule has 108 valence electrons. The lowest BCUT2D eigenvalue weighted by atomic mass is 9.68. The topological polar surface area (TPSA) is 42.4 Å². The van der Waals surface area contributed by atoms with Gasteiger partial charge in [-0.05, 0) is 44.7 Å². The number of rotatable bonds is 4. The van der Waals surface area contributed by atoms with Crippen LogP contribution in [0.4, 0.5) is 0 Å². The summed E-state index contributed by atoms with van der Waals surface area (Å²) in [4.78, 5) is 2.46. The number of hydrogen-bond donors (Lipinski definition) is 1. The summed E-state index contributed by atoms with van der Waals surface area (Å²) in [5.74, 6) is 2.45. The number of furan rings is 1. The minimum absolute atomic E-state index is 0.140. The van der Waals surface area contributed by atoms with Gasteiger partial charge in [-0.25, -0.2) is 0 Å². The van der Waals surface area contributed by atoms with Crippen LogP contribution in [0.25, 0.3) is 0 Å². The first-order valence-electron chi connectivity index (χ1n) is 7.44. The lowest BCUT2D eigenvalue weighted by Crippen LogP contribution is -2.58. The third-order valence-electron chi connectivity index (χ3n) is 5.20. The molecule has 0 aliphatic heterocycles. The molecular formula is C16H28N2O. The molecule has 2 rings (SSSR count). The van der Waals surface area contributed by atoms with Gasteiger partial charge in [0.15, 0.2) is 0 Å². The van der Waals surface area contributed by atoms with Crippen molar-refractivity contribution in [2.24, 2.45) is 17.6 Å². The third-order valence-corrected chi connectivity index (χ3v) is 5.20. The van der Waals surface area contributed by atoms with Gasteiger partial charge in [0, 0.05) is 24.2 Å². The molecule has 3 atom stereocenters. The molecule has 3 nitrogen and oxygen atoms in total. The zero-order valence-corrected chi connectivity index (χ0v) is 12.8. The molecule has 1 aliphatic carbocycles. The van der Waals surface area contributed by atoms with Gasteiger partial charge in [0.2, 0.25) is 0 Å². The number of likely N-dealkylation sites (N-methyl/N-ethyl adjacent to an activating group) is 1. The molecule has 1 heterocycles. The lowest BCUT2D eigenvalue weighted by Gasteiger charge is -2.50. The number of nitrogens with zero attached hydrogens (tertiary/aromatic N) is 1. The smallest absolute Gasteiger partial charge is 0.105 e. The summed E-state index contributed by atoms with van der Waals surface area (Å²) in [5.41, 5.74) is 7.61. The molecule has 0 amide bonds. The second kappa shape index (κ2) is 5.68. The molecule has 1 saturated carbocycles. The van der Waals surface area contributed by atoms with E-state index in [1.807, 2.05) is 6.92 Å². The van der Waals surface area contributed by atoms with Crippen LogP contribution in [0.5, 0.6) is 0 Å². The van der Waals surface area contributed by atoms with Crippen LogP contribution >= 0.6 is 0 Å². The molecule has 0 saturated heterocycles. The Morgan fingerprint density at radius 3 is 2.74 bits per heavy atom. The highest BCUT2D eigenvalue weighted by Crippen LogP contribution is 2.40. The Bertz CT molecular complexity index is 415. The molecule has 1 aromatic rings. The van der Waals surface area contributed by atoms with Crippen molar-refractivity contribution in [3.63, 3.8) is 0 Å². The second-order valence-electron chi connectivity index (χ2n) is 6.45. The summed E-state index contributed by atoms with van der Waals surface area (Å²) in [7, 11) is 2.22. The van der Waals surface area contributed by atoms with E-state index < -0.39 is 0 Å². The van der Waals surface area contributed by atoms with Gasteiger partial charge in [-0.15, -0.1) is 0 Å². The standard InChI is InChI=1S/C16H28N2O/c1-12-5-6-13(2)16(9-12,11-17)18(4)10-15-7-8-19-14(15)3/h7-8,12-13H,5-6,9-11,17H2,1-4H3. The zero-order valence-electron chi connectivity index (χ0n) is 12.8. The molecule has 3 unspecified atom stereocenters. The van der Waals surface area contributed by atoms with Crippen LogP contribution in [0, 0.1) is 18.8 Å². The zero-order chi connectivity index (χ0) is 14.0. The second-order valence-corrected chi connectivity index (χ2v) is 6.45. The number of nitrogens with two attached hydrogens (primary N) is 1. The average molecular weight is 264 g/mol. The van der Waals surface area contributed by atoms with E-state index >= 15 is 0 Å². The Balaban J connectivity index is 2.17. The van der Waals surface area contributed by atoms with Crippen LogP contribution < -0.4 is 5.73 Å². The van der Waals surface area contributed by atoms with Crippen molar-refractivity contribution in [1.82, 2.24) is 4.90 Å². The third kappa shape index (κ3) is 2.72. The van der Waals surface area contributed by atoms with E-state index in [0.29, 0.717) is 5.92 Å². The summed E-state index contributed by atoms with van der Waals surface area (Å²) in [6.07, 6.45) is 5.60. The summed E-state index contributed by atoms with van der Waals surface area (Å²) < 4.78 is 5.41. The Morgan fingerprint density at radius 2 is 2.16 bits per heavy atom. The monoisotopic (exact) mass is 264 g/mol. The van der Waals surface area contributed by atoms with E-state index in [2.05, 4.69) is 31.9 Å². The van der Waals surface area contributed by atoms with Crippen LogP contribution in [0.1, 0.15) is 44.4 Å². The van der Waals surface area contributed by atoms with Gasteiger partial charge in [0.25, 0.3) is 0 Å². The van der Waals surface area contributed by atoms with E-state index in [1.165, 1.54) is 24.8 Å². The Morgan fingerprint density at radius 1 is 1.42 bits per heavy atom. The van der Waals surface area contributed by atoms with Crippen LogP contribution in [0.2, 0.25) is 0 Å². The molecule has 19 heavy (non-hydrogen) atoms. The van der Waals surface area contributed by atoms with Crippen LogP contribution in [-0.2, 0) is 6.54 Å². The van der Waals surface area contributed by atoms with Crippen molar-refractivity contribution in [1.29, 1.82) is 0 Å². The molecule has 0 spiro atoms. The highest BCUT2D eigenvalue weighted by atomic mass is 16.3. The van der Waals surface area contributed by atoms with Crippen LogP contribution in [-0.4, -0.2) is 24.0 Å². The van der Waals surface area contributed by atoms with E-state index in [-0.39, 0.29) is 5.54 Å². The molecule has 1 fully saturated rings. The Labute approximate surface area is 117 Å². The maximum atomic E-state index is 6.19. The normalized spacial score (nSPS) is 31.9. The molecule has 0 aromatic carbocycles. The van der Waals surface area contributed by atoms with Crippen LogP contribution in [0.3, 0.4) is 0 Å². The average Bonchev–Trinajstić information content (AvgIpc) is 2.78. The van der Waals surface area contributed by atoms with Gasteiger partial charge in [-0.2, -0.15) is 0 Å². The van der Waals surface area contributed by atoms with Gasteiger partial charge in [0.1, 0.15) is 5.76 Å². The molecule has 1 aliphatic rings. The minimum atomic E-state index is 0.140. The maximum absolute atomic E-state index is 6.19. The lowest BCUT2D eigenvalue weighted by molar-refractivity contribution is 0.00881. The Hall–Kier alpha value is -0.800. The van der Waals surface area contributed by atoms with Gasteiger partial charge < -0.3 is 10.2 Å². The first-order valence-corrected chi connectivity index (χ1v) is 7.44. The fourth-order valence-corrected chi connectivity index (χ4v) is 3.67. The molecule has 3 heteroatoms. The van der Waals surface area contributed by atoms with Crippen molar-refractivity contribution in [2.75, 3.05) is 13.6 Å². The van der Waals surface area contributed by atoms with Crippen molar-refractivity contribution >= 4 is 0 Å². The quantitative estimate of drug-likeness (QED) is 0.908. The fourth-order valence-electron chi connectivity index (χ4n) is 3.67. The number of aryl methyl sites for hydroxylation is 1. The first-order chi connectivity index (χ1) is 8.99. The Kier molecular flexibility index (Phi) is 4.36. The molecular weight excluding hydrogens is 236 g/mol. The largest absolute Gasteiger partial charge is 0.469 e. The SMILES string of the molecule is Cc1occc1CN(C)C1(CN)CC(C)CCC1C. The van der Waals surface area contributed by atoms with Gasteiger partial charge in [-0.3, -0.25) is 4.90 Å². The first kappa shape index (κ1) is 14.6. The van der Waals surface area contributed by atoms with Crippen LogP contribution in [0.15, 0.2) is 16.7 Å². The number of hydrogen-bond acceptors (Lipinski definition) is 3. The van der Waals surface area contributed by atoms with Gasteiger partial charge in [0.05, 0.1) is 6.26 Å². The van der Waals surface area contributed by atoms with E-state index in [9.17, 15) is 0 Å². The predicted molar refractivity (Wildman–Crippen MR) is 78.9 cm³/mol. The highest BCUT2D eigenvalue weighted by Gasteiger charge is 2.42. The fraction of sp³-hybridized carbons (Fsp3) is 0.750. The van der Waals surface area contributed by atoms with E-state index in [0.717, 1.165) is 24.8 Å². The van der Waals surface area contributed by atoms with E-state index in [1.54, 1.807) is 6.26 Å². The van der Waals surface area contributed by atoms with Crippen molar-refractivity contribution < 1.29 is 4.42 Å². The summed E-state index contributed by atoms with van der Waals surface area (Å²) in [6, 6.07) is 2.08. The summed E-state index contributed by atoms with van der Waals surface area (Å²) in [6.45, 7) is 8.42. The van der Waals surface area contributed by atoms with Crippen molar-refractivity contribution in [2.45, 2.75) is 52.1 Å². The van der Waals surface area contributed by atoms with Gasteiger partial charge in [-0.1, -0.05) is 20.3 Å².